The molecule has 0 aliphatic carbocycles. The van der Waals surface area contributed by atoms with Gasteiger partial charge < -0.3 is 20.3 Å². The first-order chi connectivity index (χ1) is 13.5. The van der Waals surface area contributed by atoms with E-state index in [1.165, 1.54) is 0 Å². The number of hydrogen-bond donors (Lipinski definition) is 3. The second-order valence-corrected chi connectivity index (χ2v) is 8.23. The van der Waals surface area contributed by atoms with Crippen LogP contribution >= 0.6 is 0 Å². The van der Waals surface area contributed by atoms with Crippen molar-refractivity contribution >= 4 is 17.7 Å². The van der Waals surface area contributed by atoms with Crippen LogP contribution in [0.3, 0.4) is 0 Å². The lowest BCUT2D eigenvalue weighted by atomic mass is 9.92. The van der Waals surface area contributed by atoms with Crippen LogP contribution in [0.4, 0.5) is 0 Å². The normalized spacial score (nSPS) is 28.4. The van der Waals surface area contributed by atoms with Crippen molar-refractivity contribution < 1.29 is 19.1 Å². The molecule has 1 spiro atoms. The number of nitrogens with one attached hydrogen (secondary N) is 3. The maximum atomic E-state index is 13.1. The van der Waals surface area contributed by atoms with Gasteiger partial charge in [0.05, 0.1) is 12.2 Å². The van der Waals surface area contributed by atoms with E-state index >= 15 is 0 Å². The summed E-state index contributed by atoms with van der Waals surface area (Å²) in [5, 5.41) is 9.14. The van der Waals surface area contributed by atoms with Crippen molar-refractivity contribution in [1.82, 2.24) is 20.9 Å². The Hall–Kier alpha value is -2.29. The van der Waals surface area contributed by atoms with Crippen molar-refractivity contribution in [2.24, 2.45) is 0 Å². The number of piperidine rings is 1. The van der Waals surface area contributed by atoms with Gasteiger partial charge in [-0.25, -0.2) is 0 Å². The molecule has 4 heterocycles. The summed E-state index contributed by atoms with van der Waals surface area (Å²) in [4.78, 5) is 38.3. The van der Waals surface area contributed by atoms with E-state index in [0.717, 1.165) is 30.6 Å². The Balaban J connectivity index is 1.29. The minimum atomic E-state index is -0.576. The zero-order valence-electron chi connectivity index (χ0n) is 15.6. The summed E-state index contributed by atoms with van der Waals surface area (Å²) in [5.41, 5.74) is 2.58. The lowest BCUT2D eigenvalue weighted by molar-refractivity contribution is -0.136. The topological polar surface area (TPSA) is 99.8 Å². The number of imide groups is 1. The molecule has 8 nitrogen and oxygen atoms in total. The number of fused-ring (bicyclic) bond motifs is 1. The summed E-state index contributed by atoms with van der Waals surface area (Å²) in [5.74, 6) is -0.766. The zero-order chi connectivity index (χ0) is 19.3. The Morgan fingerprint density at radius 2 is 2.11 bits per heavy atom. The van der Waals surface area contributed by atoms with Crippen molar-refractivity contribution in [3.05, 3.63) is 34.9 Å². The van der Waals surface area contributed by atoms with Crippen LogP contribution in [0.15, 0.2) is 18.2 Å². The van der Waals surface area contributed by atoms with Gasteiger partial charge >= 0.3 is 0 Å². The average Bonchev–Trinajstić information content (AvgIpc) is 3.23. The predicted octanol–water partition coefficient (Wildman–Crippen LogP) is -0.332. The molecule has 4 aliphatic rings. The molecule has 3 N–H and O–H groups in total. The van der Waals surface area contributed by atoms with E-state index in [1.807, 2.05) is 18.2 Å². The molecule has 1 aromatic rings. The standard InChI is InChI=1S/C20H24N4O4/c25-16-5-4-15(18(26)23-16)24-8-13-3-1-2-12(17(13)19(24)27)7-22-14-6-20(28-9-14)10-21-11-20/h1-3,14-15,21-22H,4-11H2,(H,23,25,26). The summed E-state index contributed by atoms with van der Waals surface area (Å²) in [7, 11) is 0. The minimum Gasteiger partial charge on any atom is -0.371 e. The molecule has 2 atom stereocenters. The van der Waals surface area contributed by atoms with E-state index in [1.54, 1.807) is 4.90 Å². The molecule has 0 saturated carbocycles. The first-order valence-corrected chi connectivity index (χ1v) is 9.88. The van der Waals surface area contributed by atoms with E-state index in [9.17, 15) is 14.4 Å². The molecular formula is C20H24N4O4. The van der Waals surface area contributed by atoms with Crippen LogP contribution in [0, 0.1) is 0 Å². The summed E-state index contributed by atoms with van der Waals surface area (Å²) in [6, 6.07) is 5.57. The largest absolute Gasteiger partial charge is 0.371 e. The van der Waals surface area contributed by atoms with Crippen LogP contribution in [0.2, 0.25) is 0 Å². The molecular weight excluding hydrogens is 360 g/mol. The van der Waals surface area contributed by atoms with E-state index in [-0.39, 0.29) is 35.8 Å². The molecule has 1 aromatic carbocycles. The molecule has 148 valence electrons. The van der Waals surface area contributed by atoms with Crippen LogP contribution in [-0.2, 0) is 27.4 Å². The summed E-state index contributed by atoms with van der Waals surface area (Å²) >= 11 is 0. The van der Waals surface area contributed by atoms with Crippen molar-refractivity contribution in [3.63, 3.8) is 0 Å². The number of amides is 3. The molecule has 5 rings (SSSR count). The fraction of sp³-hybridized carbons (Fsp3) is 0.550. The average molecular weight is 384 g/mol. The third-order valence-corrected chi connectivity index (χ3v) is 6.32. The summed E-state index contributed by atoms with van der Waals surface area (Å²) < 4.78 is 5.94. The molecule has 3 fully saturated rings. The molecule has 0 radical (unpaired) electrons. The molecule has 0 bridgehead atoms. The number of rotatable bonds is 4. The van der Waals surface area contributed by atoms with Gasteiger partial charge in [0.25, 0.3) is 5.91 Å². The Morgan fingerprint density at radius 1 is 1.25 bits per heavy atom. The SMILES string of the molecule is O=C1CCC(N2Cc3cccc(CNC4COC5(CNC5)C4)c3C2=O)C(=O)N1. The third-order valence-electron chi connectivity index (χ3n) is 6.32. The summed E-state index contributed by atoms with van der Waals surface area (Å²) in [6.45, 7) is 3.51. The molecule has 0 aromatic heterocycles. The zero-order valence-corrected chi connectivity index (χ0v) is 15.6. The van der Waals surface area contributed by atoms with E-state index in [0.29, 0.717) is 31.7 Å². The Kier molecular flexibility index (Phi) is 4.22. The van der Waals surface area contributed by atoms with Gasteiger partial charge in [0.2, 0.25) is 11.8 Å². The number of ether oxygens (including phenoxy) is 1. The quantitative estimate of drug-likeness (QED) is 0.615. The highest BCUT2D eigenvalue weighted by Gasteiger charge is 2.45. The molecule has 4 aliphatic heterocycles. The van der Waals surface area contributed by atoms with Gasteiger partial charge in [-0.2, -0.15) is 0 Å². The second kappa shape index (κ2) is 6.65. The Labute approximate surface area is 163 Å². The molecule has 28 heavy (non-hydrogen) atoms. The lowest BCUT2D eigenvalue weighted by Gasteiger charge is -2.38. The number of nitrogens with zero attached hydrogens (tertiary/aromatic N) is 1. The highest BCUT2D eigenvalue weighted by atomic mass is 16.5. The van der Waals surface area contributed by atoms with Crippen LogP contribution in [0.5, 0.6) is 0 Å². The molecule has 2 unspecified atom stereocenters. The first kappa shape index (κ1) is 17.8. The maximum absolute atomic E-state index is 13.1. The van der Waals surface area contributed by atoms with Gasteiger partial charge in [0.15, 0.2) is 0 Å². The van der Waals surface area contributed by atoms with E-state index in [4.69, 9.17) is 4.74 Å². The van der Waals surface area contributed by atoms with Crippen LogP contribution < -0.4 is 16.0 Å². The third kappa shape index (κ3) is 2.92. The second-order valence-electron chi connectivity index (χ2n) is 8.23. The van der Waals surface area contributed by atoms with Crippen molar-refractivity contribution in [1.29, 1.82) is 0 Å². The highest BCUT2D eigenvalue weighted by Crippen LogP contribution is 2.31. The van der Waals surface area contributed by atoms with Gasteiger partial charge in [0, 0.05) is 44.2 Å². The fourth-order valence-electron chi connectivity index (χ4n) is 4.72. The lowest BCUT2D eigenvalue weighted by Crippen LogP contribution is -2.59. The number of hydrogen-bond acceptors (Lipinski definition) is 6. The van der Waals surface area contributed by atoms with Crippen molar-refractivity contribution in [2.45, 2.75) is 50.0 Å². The minimum absolute atomic E-state index is 0.00526. The Bertz CT molecular complexity index is 851. The summed E-state index contributed by atoms with van der Waals surface area (Å²) in [6.07, 6.45) is 1.63. The smallest absolute Gasteiger partial charge is 0.255 e. The number of carbonyl (C=O) groups is 3. The van der Waals surface area contributed by atoms with Gasteiger partial charge in [-0.05, 0) is 24.0 Å². The van der Waals surface area contributed by atoms with E-state index < -0.39 is 6.04 Å². The van der Waals surface area contributed by atoms with Gasteiger partial charge in [-0.1, -0.05) is 18.2 Å². The van der Waals surface area contributed by atoms with Gasteiger partial charge in [0.1, 0.15) is 6.04 Å². The highest BCUT2D eigenvalue weighted by molar-refractivity contribution is 6.05. The van der Waals surface area contributed by atoms with Crippen LogP contribution in [0.1, 0.15) is 40.7 Å². The van der Waals surface area contributed by atoms with Crippen LogP contribution in [-0.4, -0.2) is 60.0 Å². The van der Waals surface area contributed by atoms with Gasteiger partial charge in [-0.3, -0.25) is 19.7 Å². The fourth-order valence-corrected chi connectivity index (χ4v) is 4.72. The predicted molar refractivity (Wildman–Crippen MR) is 99.3 cm³/mol. The number of carbonyl (C=O) groups excluding carboxylic acids is 3. The Morgan fingerprint density at radius 3 is 2.82 bits per heavy atom. The molecule has 8 heteroatoms. The van der Waals surface area contributed by atoms with E-state index in [2.05, 4.69) is 16.0 Å². The first-order valence-electron chi connectivity index (χ1n) is 9.88. The van der Waals surface area contributed by atoms with Crippen molar-refractivity contribution in [2.75, 3.05) is 19.7 Å². The maximum Gasteiger partial charge on any atom is 0.255 e. The van der Waals surface area contributed by atoms with Gasteiger partial charge in [-0.15, -0.1) is 0 Å². The number of benzene rings is 1. The molecule has 3 amide bonds. The van der Waals surface area contributed by atoms with Crippen LogP contribution in [0.25, 0.3) is 0 Å². The monoisotopic (exact) mass is 384 g/mol. The molecule has 3 saturated heterocycles. The van der Waals surface area contributed by atoms with Crippen molar-refractivity contribution in [3.8, 4) is 0 Å².